The van der Waals surface area contributed by atoms with E-state index in [4.69, 9.17) is 27.8 Å². The summed E-state index contributed by atoms with van der Waals surface area (Å²) in [6.45, 7) is 0. The molecule has 0 saturated heterocycles. The van der Waals surface area contributed by atoms with Crippen LogP contribution < -0.4 is 21.1 Å². The zero-order valence-electron chi connectivity index (χ0n) is 11.8. The van der Waals surface area contributed by atoms with E-state index in [0.717, 1.165) is 5.69 Å². The first kappa shape index (κ1) is 15.0. The number of amides is 1. The molecule has 0 aliphatic rings. The standard InChI is InChI=1S/C15H16ClN3O2/c1-19(10-4-3-5-11(8-10)21-2)14-12(15(18)20)6-9(17)7-13(14)16/h3-8H,17H2,1-2H3,(H2,18,20). The number of nitrogen functional groups attached to an aromatic ring is 1. The molecule has 0 unspecified atom stereocenters. The third kappa shape index (κ3) is 3.03. The van der Waals surface area contributed by atoms with E-state index >= 15 is 0 Å². The molecular formula is C15H16ClN3O2. The summed E-state index contributed by atoms with van der Waals surface area (Å²) < 4.78 is 5.20. The molecule has 21 heavy (non-hydrogen) atoms. The molecule has 2 rings (SSSR count). The highest BCUT2D eigenvalue weighted by molar-refractivity contribution is 6.34. The van der Waals surface area contributed by atoms with Crippen LogP contribution in [0, 0.1) is 0 Å². The zero-order valence-corrected chi connectivity index (χ0v) is 12.5. The quantitative estimate of drug-likeness (QED) is 0.851. The van der Waals surface area contributed by atoms with E-state index in [1.165, 1.54) is 6.07 Å². The number of nitrogens with two attached hydrogens (primary N) is 2. The maximum atomic E-state index is 11.6. The highest BCUT2D eigenvalue weighted by atomic mass is 35.5. The highest BCUT2D eigenvalue weighted by Crippen LogP contribution is 2.36. The predicted molar refractivity (Wildman–Crippen MR) is 85.4 cm³/mol. The molecular weight excluding hydrogens is 290 g/mol. The average molecular weight is 306 g/mol. The Morgan fingerprint density at radius 2 is 2.00 bits per heavy atom. The topological polar surface area (TPSA) is 81.6 Å². The summed E-state index contributed by atoms with van der Waals surface area (Å²) in [6, 6.07) is 10.5. The fourth-order valence-electron chi connectivity index (χ4n) is 2.10. The van der Waals surface area contributed by atoms with Crippen LogP contribution in [-0.4, -0.2) is 20.1 Å². The van der Waals surface area contributed by atoms with Crippen LogP contribution in [-0.2, 0) is 0 Å². The molecule has 0 aliphatic heterocycles. The second-order valence-electron chi connectivity index (χ2n) is 4.52. The molecule has 2 aromatic carbocycles. The van der Waals surface area contributed by atoms with E-state index in [1.54, 1.807) is 25.1 Å². The first-order valence-electron chi connectivity index (χ1n) is 6.20. The number of rotatable bonds is 4. The lowest BCUT2D eigenvalue weighted by Crippen LogP contribution is -2.19. The normalized spacial score (nSPS) is 10.2. The van der Waals surface area contributed by atoms with Gasteiger partial charge in [0.25, 0.3) is 5.91 Å². The van der Waals surface area contributed by atoms with E-state index in [1.807, 2.05) is 24.3 Å². The van der Waals surface area contributed by atoms with Gasteiger partial charge in [0.05, 0.1) is 23.4 Å². The monoisotopic (exact) mass is 305 g/mol. The van der Waals surface area contributed by atoms with Crippen LogP contribution in [0.4, 0.5) is 17.1 Å². The van der Waals surface area contributed by atoms with Crippen LogP contribution in [0.5, 0.6) is 5.75 Å². The van der Waals surface area contributed by atoms with E-state index in [2.05, 4.69) is 0 Å². The van der Waals surface area contributed by atoms with Gasteiger partial charge < -0.3 is 21.1 Å². The van der Waals surface area contributed by atoms with Crippen molar-refractivity contribution < 1.29 is 9.53 Å². The first-order valence-corrected chi connectivity index (χ1v) is 6.58. The SMILES string of the molecule is COc1cccc(N(C)c2c(Cl)cc(N)cc2C(N)=O)c1. The summed E-state index contributed by atoms with van der Waals surface area (Å²) in [5.41, 5.74) is 13.1. The summed E-state index contributed by atoms with van der Waals surface area (Å²) in [5.74, 6) is 0.112. The van der Waals surface area contributed by atoms with Gasteiger partial charge in [-0.15, -0.1) is 0 Å². The number of halogens is 1. The molecule has 0 heterocycles. The van der Waals surface area contributed by atoms with E-state index in [-0.39, 0.29) is 5.56 Å². The van der Waals surface area contributed by atoms with Crippen LogP contribution in [0.15, 0.2) is 36.4 Å². The number of hydrogen-bond acceptors (Lipinski definition) is 4. The fraction of sp³-hybridized carbons (Fsp3) is 0.133. The molecule has 1 amide bonds. The second kappa shape index (κ2) is 5.93. The number of ether oxygens (including phenoxy) is 1. The number of nitrogens with zero attached hydrogens (tertiary/aromatic N) is 1. The Bertz CT molecular complexity index is 689. The van der Waals surface area contributed by atoms with Crippen molar-refractivity contribution in [3.63, 3.8) is 0 Å². The number of benzene rings is 2. The predicted octanol–water partition coefficient (Wildman–Crippen LogP) is 2.80. The average Bonchev–Trinajstić information content (AvgIpc) is 2.45. The third-order valence-corrected chi connectivity index (χ3v) is 3.42. The summed E-state index contributed by atoms with van der Waals surface area (Å²) in [5, 5.41) is 0.356. The Morgan fingerprint density at radius 3 is 2.62 bits per heavy atom. The Labute approximate surface area is 128 Å². The number of primary amides is 1. The molecule has 0 fully saturated rings. The molecule has 0 radical (unpaired) electrons. The lowest BCUT2D eigenvalue weighted by Gasteiger charge is -2.23. The molecule has 110 valence electrons. The molecule has 0 atom stereocenters. The van der Waals surface area contributed by atoms with Crippen LogP contribution >= 0.6 is 11.6 Å². The summed E-state index contributed by atoms with van der Waals surface area (Å²) in [4.78, 5) is 13.4. The van der Waals surface area contributed by atoms with Gasteiger partial charge in [-0.05, 0) is 24.3 Å². The molecule has 4 N–H and O–H groups in total. The molecule has 0 aromatic heterocycles. The zero-order chi connectivity index (χ0) is 15.6. The second-order valence-corrected chi connectivity index (χ2v) is 4.93. The summed E-state index contributed by atoms with van der Waals surface area (Å²) in [7, 11) is 3.38. The molecule has 2 aromatic rings. The number of methoxy groups -OCH3 is 1. The molecule has 0 bridgehead atoms. The van der Waals surface area contributed by atoms with Crippen molar-refractivity contribution in [1.82, 2.24) is 0 Å². The van der Waals surface area contributed by atoms with Gasteiger partial charge in [0, 0.05) is 24.5 Å². The highest BCUT2D eigenvalue weighted by Gasteiger charge is 2.18. The molecule has 0 saturated carbocycles. The number of hydrogen-bond donors (Lipinski definition) is 2. The number of carbonyl (C=O) groups excluding carboxylic acids is 1. The smallest absolute Gasteiger partial charge is 0.250 e. The lowest BCUT2D eigenvalue weighted by molar-refractivity contribution is 0.100. The van der Waals surface area contributed by atoms with Crippen LogP contribution in [0.1, 0.15) is 10.4 Å². The Hall–Kier alpha value is -2.40. The molecule has 0 aliphatic carbocycles. The minimum Gasteiger partial charge on any atom is -0.497 e. The Morgan fingerprint density at radius 1 is 1.29 bits per heavy atom. The van der Waals surface area contributed by atoms with Gasteiger partial charge >= 0.3 is 0 Å². The van der Waals surface area contributed by atoms with Crippen molar-refractivity contribution in [1.29, 1.82) is 0 Å². The van der Waals surface area contributed by atoms with Gasteiger partial charge in [0.2, 0.25) is 0 Å². The van der Waals surface area contributed by atoms with Gasteiger partial charge in [-0.1, -0.05) is 17.7 Å². The van der Waals surface area contributed by atoms with Gasteiger partial charge in [-0.2, -0.15) is 0 Å². The van der Waals surface area contributed by atoms with Crippen molar-refractivity contribution in [2.75, 3.05) is 24.8 Å². The number of anilines is 3. The molecule has 6 heteroatoms. The largest absolute Gasteiger partial charge is 0.497 e. The van der Waals surface area contributed by atoms with Crippen molar-refractivity contribution in [2.24, 2.45) is 5.73 Å². The maximum Gasteiger partial charge on any atom is 0.250 e. The fourth-order valence-corrected chi connectivity index (χ4v) is 2.45. The van der Waals surface area contributed by atoms with E-state index in [9.17, 15) is 4.79 Å². The van der Waals surface area contributed by atoms with Crippen LogP contribution in [0.2, 0.25) is 5.02 Å². The van der Waals surface area contributed by atoms with Crippen LogP contribution in [0.25, 0.3) is 0 Å². The summed E-state index contributed by atoms with van der Waals surface area (Å²) >= 11 is 6.24. The minimum atomic E-state index is -0.589. The summed E-state index contributed by atoms with van der Waals surface area (Å²) in [6.07, 6.45) is 0. The van der Waals surface area contributed by atoms with Crippen molar-refractivity contribution in [2.45, 2.75) is 0 Å². The van der Waals surface area contributed by atoms with Gasteiger partial charge in [-0.25, -0.2) is 0 Å². The maximum absolute atomic E-state index is 11.6. The number of carbonyl (C=O) groups is 1. The van der Waals surface area contributed by atoms with Gasteiger partial charge in [-0.3, -0.25) is 4.79 Å². The van der Waals surface area contributed by atoms with Crippen LogP contribution in [0.3, 0.4) is 0 Å². The van der Waals surface area contributed by atoms with E-state index < -0.39 is 5.91 Å². The third-order valence-electron chi connectivity index (χ3n) is 3.13. The van der Waals surface area contributed by atoms with Crippen molar-refractivity contribution in [3.8, 4) is 5.75 Å². The van der Waals surface area contributed by atoms with E-state index in [0.29, 0.717) is 22.1 Å². The lowest BCUT2D eigenvalue weighted by atomic mass is 10.1. The van der Waals surface area contributed by atoms with Crippen molar-refractivity contribution >= 4 is 34.6 Å². The van der Waals surface area contributed by atoms with Crippen molar-refractivity contribution in [3.05, 3.63) is 47.0 Å². The Balaban J connectivity index is 2.57. The van der Waals surface area contributed by atoms with Gasteiger partial charge in [0.15, 0.2) is 0 Å². The first-order chi connectivity index (χ1) is 9.93. The molecule has 5 nitrogen and oxygen atoms in total. The molecule has 0 spiro atoms. The Kier molecular flexibility index (Phi) is 4.23. The minimum absolute atomic E-state index is 0.269. The van der Waals surface area contributed by atoms with Gasteiger partial charge in [0.1, 0.15) is 5.75 Å².